The molecule has 0 radical (unpaired) electrons. The van der Waals surface area contributed by atoms with Gasteiger partial charge in [0.2, 0.25) is 0 Å². The highest BCUT2D eigenvalue weighted by Gasteiger charge is 2.28. The van der Waals surface area contributed by atoms with E-state index in [1.165, 1.54) is 0 Å². The monoisotopic (exact) mass is 304 g/mol. The van der Waals surface area contributed by atoms with Crippen molar-refractivity contribution in [3.8, 4) is 0 Å². The molecule has 1 amide bonds. The molecule has 1 aliphatic heterocycles. The van der Waals surface area contributed by atoms with Gasteiger partial charge in [0.1, 0.15) is 0 Å². The first-order valence-electron chi connectivity index (χ1n) is 7.93. The van der Waals surface area contributed by atoms with Crippen LogP contribution in [0.2, 0.25) is 0 Å². The first-order valence-corrected chi connectivity index (χ1v) is 7.93. The number of aliphatic carboxylic acids is 1. The molecule has 5 heteroatoms. The van der Waals surface area contributed by atoms with Gasteiger partial charge in [-0.2, -0.15) is 0 Å². The van der Waals surface area contributed by atoms with Crippen LogP contribution in [-0.2, 0) is 4.79 Å². The molecule has 2 rings (SSSR count). The maximum atomic E-state index is 12.5. The third-order valence-corrected chi connectivity index (χ3v) is 4.30. The van der Waals surface area contributed by atoms with Gasteiger partial charge in [-0.25, -0.2) is 0 Å². The van der Waals surface area contributed by atoms with Gasteiger partial charge in [-0.1, -0.05) is 0 Å². The smallest absolute Gasteiger partial charge is 0.308 e. The zero-order chi connectivity index (χ0) is 16.1. The Balaban J connectivity index is 2.07. The number of hydrogen-bond acceptors (Lipinski definition) is 3. The minimum absolute atomic E-state index is 0.0722. The molecule has 0 bridgehead atoms. The summed E-state index contributed by atoms with van der Waals surface area (Å²) in [4.78, 5) is 27.5. The standard InChI is InChI=1S/C17H24N2O3/c1-3-18(4-2)15-9-7-13(8-10-15)16(20)19-11-5-6-14(12-19)17(21)22/h7-10,14H,3-6,11-12H2,1-2H3,(H,21,22). The minimum atomic E-state index is -0.811. The number of carboxylic acids is 1. The zero-order valence-corrected chi connectivity index (χ0v) is 13.3. The number of piperidine rings is 1. The van der Waals surface area contributed by atoms with Crippen LogP contribution >= 0.6 is 0 Å². The van der Waals surface area contributed by atoms with Crippen LogP contribution in [0, 0.1) is 5.92 Å². The summed E-state index contributed by atoms with van der Waals surface area (Å²) in [6, 6.07) is 7.58. The lowest BCUT2D eigenvalue weighted by atomic mass is 9.97. The van der Waals surface area contributed by atoms with Crippen LogP contribution in [0.5, 0.6) is 0 Å². The lowest BCUT2D eigenvalue weighted by Gasteiger charge is -2.31. The van der Waals surface area contributed by atoms with Crippen LogP contribution in [-0.4, -0.2) is 48.1 Å². The fourth-order valence-electron chi connectivity index (χ4n) is 2.95. The number of amides is 1. The van der Waals surface area contributed by atoms with Gasteiger partial charge in [0.15, 0.2) is 0 Å². The number of nitrogens with zero attached hydrogens (tertiary/aromatic N) is 2. The van der Waals surface area contributed by atoms with Gasteiger partial charge in [-0.05, 0) is 51.0 Å². The Hall–Kier alpha value is -2.04. The number of benzene rings is 1. The Morgan fingerprint density at radius 3 is 2.41 bits per heavy atom. The topological polar surface area (TPSA) is 60.9 Å². The van der Waals surface area contributed by atoms with Crippen molar-refractivity contribution in [3.63, 3.8) is 0 Å². The Morgan fingerprint density at radius 1 is 1.23 bits per heavy atom. The van der Waals surface area contributed by atoms with Crippen LogP contribution in [0.15, 0.2) is 24.3 Å². The first kappa shape index (κ1) is 16.3. The molecule has 1 heterocycles. The second-order valence-corrected chi connectivity index (χ2v) is 5.65. The van der Waals surface area contributed by atoms with Gasteiger partial charge in [-0.3, -0.25) is 9.59 Å². The molecule has 1 atom stereocenters. The van der Waals surface area contributed by atoms with Crippen molar-refractivity contribution in [2.75, 3.05) is 31.1 Å². The van der Waals surface area contributed by atoms with Gasteiger partial charge in [0, 0.05) is 37.4 Å². The van der Waals surface area contributed by atoms with E-state index in [0.29, 0.717) is 25.1 Å². The van der Waals surface area contributed by atoms with E-state index in [-0.39, 0.29) is 5.91 Å². The molecule has 5 nitrogen and oxygen atoms in total. The fourth-order valence-corrected chi connectivity index (χ4v) is 2.95. The predicted molar refractivity (Wildman–Crippen MR) is 86.3 cm³/mol. The molecule has 1 unspecified atom stereocenters. The number of carboxylic acid groups (broad SMARTS) is 1. The van der Waals surface area contributed by atoms with E-state index in [2.05, 4.69) is 18.7 Å². The molecular weight excluding hydrogens is 280 g/mol. The number of anilines is 1. The van der Waals surface area contributed by atoms with Gasteiger partial charge in [-0.15, -0.1) is 0 Å². The van der Waals surface area contributed by atoms with Crippen molar-refractivity contribution in [3.05, 3.63) is 29.8 Å². The summed E-state index contributed by atoms with van der Waals surface area (Å²) in [6.45, 7) is 7.00. The molecule has 120 valence electrons. The second-order valence-electron chi connectivity index (χ2n) is 5.65. The lowest BCUT2D eigenvalue weighted by molar-refractivity contribution is -0.143. The highest BCUT2D eigenvalue weighted by atomic mass is 16.4. The van der Waals surface area contributed by atoms with Crippen LogP contribution in [0.25, 0.3) is 0 Å². The van der Waals surface area contributed by atoms with Gasteiger partial charge >= 0.3 is 5.97 Å². The number of rotatable bonds is 5. The van der Waals surface area contributed by atoms with E-state index in [1.54, 1.807) is 4.90 Å². The second kappa shape index (κ2) is 7.29. The fraction of sp³-hybridized carbons (Fsp3) is 0.529. The average Bonchev–Trinajstić information content (AvgIpc) is 2.56. The van der Waals surface area contributed by atoms with E-state index in [0.717, 1.165) is 25.2 Å². The molecule has 0 aliphatic carbocycles. The zero-order valence-electron chi connectivity index (χ0n) is 13.3. The minimum Gasteiger partial charge on any atom is -0.481 e. The van der Waals surface area contributed by atoms with E-state index >= 15 is 0 Å². The molecule has 22 heavy (non-hydrogen) atoms. The maximum Gasteiger partial charge on any atom is 0.308 e. The molecule has 1 saturated heterocycles. The van der Waals surface area contributed by atoms with Crippen LogP contribution in [0.4, 0.5) is 5.69 Å². The maximum absolute atomic E-state index is 12.5. The van der Waals surface area contributed by atoms with Crippen LogP contribution in [0.1, 0.15) is 37.0 Å². The van der Waals surface area contributed by atoms with Gasteiger partial charge < -0.3 is 14.9 Å². The quantitative estimate of drug-likeness (QED) is 0.908. The van der Waals surface area contributed by atoms with Crippen LogP contribution in [0.3, 0.4) is 0 Å². The molecular formula is C17H24N2O3. The Morgan fingerprint density at radius 2 is 1.86 bits per heavy atom. The predicted octanol–water partition coefficient (Wildman–Crippen LogP) is 2.47. The lowest BCUT2D eigenvalue weighted by Crippen LogP contribution is -2.42. The van der Waals surface area contributed by atoms with E-state index in [4.69, 9.17) is 5.11 Å². The Labute approximate surface area is 131 Å². The van der Waals surface area contributed by atoms with Crippen molar-refractivity contribution in [2.24, 2.45) is 5.92 Å². The van der Waals surface area contributed by atoms with Crippen molar-refractivity contribution < 1.29 is 14.7 Å². The highest BCUT2D eigenvalue weighted by Crippen LogP contribution is 2.20. The van der Waals surface area contributed by atoms with Crippen molar-refractivity contribution in [1.29, 1.82) is 0 Å². The third-order valence-electron chi connectivity index (χ3n) is 4.30. The van der Waals surface area contributed by atoms with E-state index in [1.807, 2.05) is 24.3 Å². The number of likely N-dealkylation sites (tertiary alicyclic amines) is 1. The van der Waals surface area contributed by atoms with Crippen molar-refractivity contribution >= 4 is 17.6 Å². The Bertz CT molecular complexity index is 523. The molecule has 0 saturated carbocycles. The van der Waals surface area contributed by atoms with Crippen LogP contribution < -0.4 is 4.90 Å². The summed E-state index contributed by atoms with van der Waals surface area (Å²) < 4.78 is 0. The molecule has 1 N–H and O–H groups in total. The Kier molecular flexibility index (Phi) is 5.41. The van der Waals surface area contributed by atoms with Gasteiger partial charge in [0.25, 0.3) is 5.91 Å². The first-order chi connectivity index (χ1) is 10.6. The largest absolute Gasteiger partial charge is 0.481 e. The number of carbonyl (C=O) groups excluding carboxylic acids is 1. The molecule has 1 aromatic carbocycles. The van der Waals surface area contributed by atoms with Crippen molar-refractivity contribution in [1.82, 2.24) is 4.90 Å². The molecule has 1 aromatic rings. The summed E-state index contributed by atoms with van der Waals surface area (Å²) in [5.74, 6) is -1.32. The van der Waals surface area contributed by atoms with E-state index < -0.39 is 11.9 Å². The SMILES string of the molecule is CCN(CC)c1ccc(C(=O)N2CCCC(C(=O)O)C2)cc1. The third kappa shape index (κ3) is 3.59. The molecule has 0 aromatic heterocycles. The summed E-state index contributed by atoms with van der Waals surface area (Å²) in [5, 5.41) is 9.12. The molecule has 1 fully saturated rings. The summed E-state index contributed by atoms with van der Waals surface area (Å²) >= 11 is 0. The summed E-state index contributed by atoms with van der Waals surface area (Å²) in [5.41, 5.74) is 1.73. The summed E-state index contributed by atoms with van der Waals surface area (Å²) in [6.07, 6.45) is 1.40. The number of hydrogen-bond donors (Lipinski definition) is 1. The highest BCUT2D eigenvalue weighted by molar-refractivity contribution is 5.95. The molecule has 0 spiro atoms. The molecule has 1 aliphatic rings. The number of carbonyl (C=O) groups is 2. The van der Waals surface area contributed by atoms with Crippen molar-refractivity contribution in [2.45, 2.75) is 26.7 Å². The van der Waals surface area contributed by atoms with Gasteiger partial charge in [0.05, 0.1) is 5.92 Å². The summed E-state index contributed by atoms with van der Waals surface area (Å²) in [7, 11) is 0. The average molecular weight is 304 g/mol. The van der Waals surface area contributed by atoms with E-state index in [9.17, 15) is 9.59 Å². The normalized spacial score (nSPS) is 18.1.